The Morgan fingerprint density at radius 3 is 2.50 bits per heavy atom. The zero-order valence-corrected chi connectivity index (χ0v) is 11.8. The minimum Gasteiger partial charge on any atom is -0.480 e. The van der Waals surface area contributed by atoms with Gasteiger partial charge >= 0.3 is 18.2 Å². The fraction of sp³-hybridized carbons (Fsp3) is 0.750. The number of hydrogen-bond acceptors (Lipinski definition) is 4. The number of carbonyl (C=O) groups is 3. The molecule has 0 radical (unpaired) electrons. The van der Waals surface area contributed by atoms with Gasteiger partial charge in [-0.2, -0.15) is 13.2 Å². The van der Waals surface area contributed by atoms with Crippen LogP contribution in [0, 0.1) is 0 Å². The highest BCUT2D eigenvalue weighted by Crippen LogP contribution is 2.17. The molecule has 126 valence electrons. The van der Waals surface area contributed by atoms with Gasteiger partial charge in [-0.25, -0.2) is 4.79 Å². The molecule has 1 fully saturated rings. The molecule has 0 saturated carbocycles. The maximum absolute atomic E-state index is 11.9. The van der Waals surface area contributed by atoms with Crippen LogP contribution in [0.3, 0.4) is 0 Å². The van der Waals surface area contributed by atoms with Crippen molar-refractivity contribution in [2.75, 3.05) is 19.6 Å². The van der Waals surface area contributed by atoms with Crippen LogP contribution in [-0.4, -0.2) is 59.8 Å². The standard InChI is InChI=1S/C12H18F3N3O4/c13-12(14,15)7-16-11(22)17-9(19)4-6-18-5-2-1-3-8(18)10(20)21/h8H,1-7H2,(H,20,21)(H2,16,17,19,22). The SMILES string of the molecule is O=C(CCN1CCCCC1C(=O)O)NC(=O)NCC(F)(F)F. The first-order valence-electron chi connectivity index (χ1n) is 6.80. The van der Waals surface area contributed by atoms with Crippen LogP contribution < -0.4 is 10.6 Å². The lowest BCUT2D eigenvalue weighted by Gasteiger charge is -2.32. The summed E-state index contributed by atoms with van der Waals surface area (Å²) in [6, 6.07) is -1.89. The Kier molecular flexibility index (Phi) is 6.60. The van der Waals surface area contributed by atoms with Crippen LogP contribution in [0.25, 0.3) is 0 Å². The highest BCUT2D eigenvalue weighted by molar-refractivity contribution is 5.94. The van der Waals surface area contributed by atoms with Crippen LogP contribution >= 0.6 is 0 Å². The number of carboxylic acids is 1. The quantitative estimate of drug-likeness (QED) is 0.691. The first-order valence-corrected chi connectivity index (χ1v) is 6.80. The van der Waals surface area contributed by atoms with Gasteiger partial charge in [0.2, 0.25) is 5.91 Å². The number of imide groups is 1. The zero-order chi connectivity index (χ0) is 16.8. The molecular weight excluding hydrogens is 307 g/mol. The highest BCUT2D eigenvalue weighted by atomic mass is 19.4. The van der Waals surface area contributed by atoms with Gasteiger partial charge in [-0.15, -0.1) is 0 Å². The molecule has 1 atom stereocenters. The maximum Gasteiger partial charge on any atom is 0.405 e. The molecule has 0 bridgehead atoms. The Balaban J connectivity index is 2.32. The summed E-state index contributed by atoms with van der Waals surface area (Å²) < 4.78 is 35.6. The number of likely N-dealkylation sites (tertiary alicyclic amines) is 1. The van der Waals surface area contributed by atoms with Crippen molar-refractivity contribution in [3.05, 3.63) is 0 Å². The largest absolute Gasteiger partial charge is 0.480 e. The van der Waals surface area contributed by atoms with Crippen molar-refractivity contribution in [1.29, 1.82) is 0 Å². The number of nitrogens with zero attached hydrogens (tertiary/aromatic N) is 1. The molecule has 0 spiro atoms. The number of piperidine rings is 1. The minimum atomic E-state index is -4.55. The van der Waals surface area contributed by atoms with Gasteiger partial charge in [0, 0.05) is 13.0 Å². The Bertz CT molecular complexity index is 428. The van der Waals surface area contributed by atoms with E-state index in [1.165, 1.54) is 5.32 Å². The summed E-state index contributed by atoms with van der Waals surface area (Å²) in [5, 5.41) is 12.3. The molecule has 0 aromatic rings. The van der Waals surface area contributed by atoms with Crippen LogP contribution in [0.4, 0.5) is 18.0 Å². The van der Waals surface area contributed by atoms with E-state index in [0.717, 1.165) is 12.8 Å². The molecule has 0 aromatic carbocycles. The predicted octanol–water partition coefficient (Wildman–Crippen LogP) is 0.704. The van der Waals surface area contributed by atoms with E-state index < -0.39 is 36.7 Å². The number of amides is 3. The number of urea groups is 1. The average Bonchev–Trinajstić information content (AvgIpc) is 2.42. The molecule has 1 aliphatic heterocycles. The molecule has 7 nitrogen and oxygen atoms in total. The van der Waals surface area contributed by atoms with Crippen LogP contribution in [0.1, 0.15) is 25.7 Å². The molecular formula is C12H18F3N3O4. The summed E-state index contributed by atoms with van der Waals surface area (Å²) in [5.41, 5.74) is 0. The van der Waals surface area contributed by atoms with Gasteiger partial charge in [-0.3, -0.25) is 19.8 Å². The van der Waals surface area contributed by atoms with E-state index in [1.54, 1.807) is 10.2 Å². The molecule has 1 saturated heterocycles. The summed E-state index contributed by atoms with van der Waals surface area (Å²) in [6.07, 6.45) is -2.62. The summed E-state index contributed by atoms with van der Waals surface area (Å²) in [4.78, 5) is 35.2. The van der Waals surface area contributed by atoms with E-state index in [2.05, 4.69) is 0 Å². The summed E-state index contributed by atoms with van der Waals surface area (Å²) in [6.45, 7) is -0.862. The van der Waals surface area contributed by atoms with E-state index >= 15 is 0 Å². The lowest BCUT2D eigenvalue weighted by atomic mass is 10.0. The van der Waals surface area contributed by atoms with Crippen molar-refractivity contribution in [2.24, 2.45) is 0 Å². The molecule has 1 aliphatic rings. The monoisotopic (exact) mass is 325 g/mol. The van der Waals surface area contributed by atoms with Crippen molar-refractivity contribution < 1.29 is 32.7 Å². The Labute approximate surface area is 124 Å². The fourth-order valence-corrected chi connectivity index (χ4v) is 2.20. The second-order valence-electron chi connectivity index (χ2n) is 4.98. The van der Waals surface area contributed by atoms with E-state index in [9.17, 15) is 27.6 Å². The van der Waals surface area contributed by atoms with Crippen LogP contribution in [-0.2, 0) is 9.59 Å². The highest BCUT2D eigenvalue weighted by Gasteiger charge is 2.29. The number of carbonyl (C=O) groups excluding carboxylic acids is 2. The van der Waals surface area contributed by atoms with Crippen molar-refractivity contribution in [3.8, 4) is 0 Å². The van der Waals surface area contributed by atoms with Gasteiger partial charge < -0.3 is 10.4 Å². The first-order chi connectivity index (χ1) is 10.2. The zero-order valence-electron chi connectivity index (χ0n) is 11.8. The molecule has 0 aromatic heterocycles. The molecule has 0 aliphatic carbocycles. The molecule has 22 heavy (non-hydrogen) atoms. The molecule has 3 amide bonds. The minimum absolute atomic E-state index is 0.134. The Hall–Kier alpha value is -1.84. The molecule has 1 heterocycles. The normalized spacial score (nSPS) is 19.5. The molecule has 1 unspecified atom stereocenters. The van der Waals surface area contributed by atoms with Crippen molar-refractivity contribution in [1.82, 2.24) is 15.5 Å². The molecule has 1 rings (SSSR count). The van der Waals surface area contributed by atoms with E-state index in [4.69, 9.17) is 5.11 Å². The van der Waals surface area contributed by atoms with Crippen molar-refractivity contribution in [3.63, 3.8) is 0 Å². The smallest absolute Gasteiger partial charge is 0.405 e. The first kappa shape index (κ1) is 18.2. The fourth-order valence-electron chi connectivity index (χ4n) is 2.20. The third kappa shape index (κ3) is 6.74. The number of aliphatic carboxylic acids is 1. The second-order valence-corrected chi connectivity index (χ2v) is 4.98. The van der Waals surface area contributed by atoms with Gasteiger partial charge in [0.1, 0.15) is 12.6 Å². The topological polar surface area (TPSA) is 98.7 Å². The summed E-state index contributed by atoms with van der Waals surface area (Å²) >= 11 is 0. The number of hydrogen-bond donors (Lipinski definition) is 3. The van der Waals surface area contributed by atoms with Gasteiger partial charge in [0.15, 0.2) is 0 Å². The van der Waals surface area contributed by atoms with Gasteiger partial charge in [-0.1, -0.05) is 6.42 Å². The summed E-state index contributed by atoms with van der Waals surface area (Å²) in [5.74, 6) is -1.72. The predicted molar refractivity (Wildman–Crippen MR) is 69.1 cm³/mol. The number of alkyl halides is 3. The number of carboxylic acid groups (broad SMARTS) is 1. The van der Waals surface area contributed by atoms with E-state index in [1.807, 2.05) is 0 Å². The second kappa shape index (κ2) is 7.97. The van der Waals surface area contributed by atoms with E-state index in [-0.39, 0.29) is 13.0 Å². The number of halogens is 3. The third-order valence-electron chi connectivity index (χ3n) is 3.23. The van der Waals surface area contributed by atoms with Gasteiger partial charge in [0.05, 0.1) is 0 Å². The van der Waals surface area contributed by atoms with Crippen LogP contribution in [0.2, 0.25) is 0 Å². The average molecular weight is 325 g/mol. The number of nitrogens with one attached hydrogen (secondary N) is 2. The molecule has 3 N–H and O–H groups in total. The lowest BCUT2D eigenvalue weighted by Crippen LogP contribution is -2.47. The Morgan fingerprint density at radius 1 is 1.23 bits per heavy atom. The van der Waals surface area contributed by atoms with Crippen molar-refractivity contribution in [2.45, 2.75) is 37.9 Å². The van der Waals surface area contributed by atoms with Crippen molar-refractivity contribution >= 4 is 17.9 Å². The number of rotatable bonds is 5. The Morgan fingerprint density at radius 2 is 1.91 bits per heavy atom. The van der Waals surface area contributed by atoms with Crippen LogP contribution in [0.15, 0.2) is 0 Å². The molecule has 10 heteroatoms. The lowest BCUT2D eigenvalue weighted by molar-refractivity contribution is -0.145. The van der Waals surface area contributed by atoms with E-state index in [0.29, 0.717) is 13.0 Å². The maximum atomic E-state index is 11.9. The van der Waals surface area contributed by atoms with Gasteiger partial charge in [-0.05, 0) is 19.4 Å². The third-order valence-corrected chi connectivity index (χ3v) is 3.23. The van der Waals surface area contributed by atoms with Gasteiger partial charge in [0.25, 0.3) is 0 Å². The van der Waals surface area contributed by atoms with Crippen LogP contribution in [0.5, 0.6) is 0 Å². The summed E-state index contributed by atoms with van der Waals surface area (Å²) in [7, 11) is 0.